The summed E-state index contributed by atoms with van der Waals surface area (Å²) in [6, 6.07) is 12.0. The molecule has 0 bridgehead atoms. The molecular formula is C14H13ClN2O4S. The summed E-state index contributed by atoms with van der Waals surface area (Å²) >= 11 is 5.78. The number of rotatable bonds is 5. The first-order valence-electron chi connectivity index (χ1n) is 6.26. The highest BCUT2D eigenvalue weighted by atomic mass is 35.5. The summed E-state index contributed by atoms with van der Waals surface area (Å²) in [6.45, 7) is 0.0888. The molecule has 116 valence electrons. The van der Waals surface area contributed by atoms with Crippen molar-refractivity contribution in [2.24, 2.45) is 0 Å². The van der Waals surface area contributed by atoms with Gasteiger partial charge in [0, 0.05) is 24.7 Å². The van der Waals surface area contributed by atoms with Gasteiger partial charge in [-0.3, -0.25) is 10.1 Å². The number of nitro groups is 1. The van der Waals surface area contributed by atoms with Crippen LogP contribution in [0.3, 0.4) is 0 Å². The Bertz CT molecular complexity index is 791. The monoisotopic (exact) mass is 340 g/mol. The van der Waals surface area contributed by atoms with Gasteiger partial charge < -0.3 is 0 Å². The minimum absolute atomic E-state index is 0.0888. The Labute approximate surface area is 133 Å². The van der Waals surface area contributed by atoms with Crippen molar-refractivity contribution >= 4 is 27.3 Å². The largest absolute Gasteiger partial charge is 0.289 e. The number of benzene rings is 2. The molecule has 22 heavy (non-hydrogen) atoms. The summed E-state index contributed by atoms with van der Waals surface area (Å²) in [7, 11) is -2.59. The molecule has 0 aliphatic carbocycles. The van der Waals surface area contributed by atoms with Crippen LogP contribution in [0.15, 0.2) is 53.4 Å². The van der Waals surface area contributed by atoms with Gasteiger partial charge in [0.25, 0.3) is 5.69 Å². The highest BCUT2D eigenvalue weighted by molar-refractivity contribution is 7.89. The summed E-state index contributed by atoms with van der Waals surface area (Å²) in [4.78, 5) is 9.97. The second-order valence-electron chi connectivity index (χ2n) is 4.61. The van der Waals surface area contributed by atoms with Gasteiger partial charge in [0.2, 0.25) is 10.0 Å². The van der Waals surface area contributed by atoms with Gasteiger partial charge >= 0.3 is 0 Å². The van der Waals surface area contributed by atoms with Gasteiger partial charge in [0.15, 0.2) is 4.90 Å². The van der Waals surface area contributed by atoms with Gasteiger partial charge in [-0.2, -0.15) is 4.31 Å². The molecule has 0 aromatic heterocycles. The van der Waals surface area contributed by atoms with Crippen molar-refractivity contribution in [1.82, 2.24) is 4.31 Å². The van der Waals surface area contributed by atoms with E-state index in [-0.39, 0.29) is 11.4 Å². The average molecular weight is 341 g/mol. The standard InChI is InChI=1S/C14H13ClN2O4S/c1-16(10-11-6-8-12(15)9-7-11)22(20,21)14-5-3-2-4-13(14)17(18)19/h2-9H,10H2,1H3. The van der Waals surface area contributed by atoms with Gasteiger partial charge in [0.1, 0.15) is 0 Å². The van der Waals surface area contributed by atoms with Crippen LogP contribution in [0.25, 0.3) is 0 Å². The molecule has 0 unspecified atom stereocenters. The molecule has 0 aliphatic rings. The number of hydrogen-bond donors (Lipinski definition) is 0. The summed E-state index contributed by atoms with van der Waals surface area (Å²) in [5.41, 5.74) is 0.291. The molecule has 0 N–H and O–H groups in total. The second kappa shape index (κ2) is 6.43. The van der Waals surface area contributed by atoms with Crippen molar-refractivity contribution in [3.8, 4) is 0 Å². The Hall–Kier alpha value is -1.96. The Kier molecular flexibility index (Phi) is 4.80. The van der Waals surface area contributed by atoms with Gasteiger partial charge in [-0.25, -0.2) is 8.42 Å². The predicted octanol–water partition coefficient (Wildman–Crippen LogP) is 3.07. The lowest BCUT2D eigenvalue weighted by atomic mass is 10.2. The van der Waals surface area contributed by atoms with Gasteiger partial charge in [-0.15, -0.1) is 0 Å². The first-order valence-corrected chi connectivity index (χ1v) is 8.08. The van der Waals surface area contributed by atoms with E-state index in [4.69, 9.17) is 11.6 Å². The topological polar surface area (TPSA) is 80.5 Å². The zero-order valence-corrected chi connectivity index (χ0v) is 13.2. The van der Waals surface area contributed by atoms with Crippen LogP contribution in [0, 0.1) is 10.1 Å². The summed E-state index contributed by atoms with van der Waals surface area (Å²) in [5.74, 6) is 0. The molecular weight excluding hydrogens is 328 g/mol. The summed E-state index contributed by atoms with van der Waals surface area (Å²) in [5, 5.41) is 11.5. The number of hydrogen-bond acceptors (Lipinski definition) is 4. The molecule has 0 amide bonds. The second-order valence-corrected chi connectivity index (χ2v) is 7.06. The maximum absolute atomic E-state index is 12.5. The zero-order valence-electron chi connectivity index (χ0n) is 11.6. The van der Waals surface area contributed by atoms with Crippen LogP contribution in [0.4, 0.5) is 5.69 Å². The molecule has 2 rings (SSSR count). The molecule has 0 atom stereocenters. The maximum Gasteiger partial charge on any atom is 0.289 e. The first-order chi connectivity index (χ1) is 10.3. The third-order valence-electron chi connectivity index (χ3n) is 3.07. The summed E-state index contributed by atoms with van der Waals surface area (Å²) < 4.78 is 26.1. The zero-order chi connectivity index (χ0) is 16.3. The number of para-hydroxylation sites is 1. The highest BCUT2D eigenvalue weighted by Crippen LogP contribution is 2.26. The van der Waals surface area contributed by atoms with Crippen molar-refractivity contribution in [1.29, 1.82) is 0 Å². The van der Waals surface area contributed by atoms with Crippen molar-refractivity contribution in [3.05, 3.63) is 69.2 Å². The number of halogens is 1. The van der Waals surface area contributed by atoms with E-state index >= 15 is 0 Å². The fourth-order valence-electron chi connectivity index (χ4n) is 1.93. The third-order valence-corrected chi connectivity index (χ3v) is 5.17. The molecule has 0 saturated heterocycles. The van der Waals surface area contributed by atoms with Crippen LogP contribution in [-0.2, 0) is 16.6 Å². The summed E-state index contributed by atoms with van der Waals surface area (Å²) in [6.07, 6.45) is 0. The van der Waals surface area contributed by atoms with Crippen LogP contribution in [0.5, 0.6) is 0 Å². The van der Waals surface area contributed by atoms with E-state index in [1.54, 1.807) is 24.3 Å². The Morgan fingerprint density at radius 1 is 1.14 bits per heavy atom. The SMILES string of the molecule is CN(Cc1ccc(Cl)cc1)S(=O)(=O)c1ccccc1[N+](=O)[O-]. The van der Waals surface area contributed by atoms with E-state index < -0.39 is 20.6 Å². The number of sulfonamides is 1. The molecule has 0 aliphatic heterocycles. The first kappa shape index (κ1) is 16.4. The quantitative estimate of drug-likeness (QED) is 0.618. The van der Waals surface area contributed by atoms with Gasteiger partial charge in [-0.05, 0) is 23.8 Å². The van der Waals surface area contributed by atoms with Gasteiger partial charge in [0.05, 0.1) is 4.92 Å². The molecule has 0 saturated carbocycles. The normalized spacial score (nSPS) is 11.6. The van der Waals surface area contributed by atoms with E-state index in [0.717, 1.165) is 9.87 Å². The minimum Gasteiger partial charge on any atom is -0.258 e. The fourth-order valence-corrected chi connectivity index (χ4v) is 3.36. The van der Waals surface area contributed by atoms with Crippen molar-refractivity contribution in [3.63, 3.8) is 0 Å². The van der Waals surface area contributed by atoms with E-state index in [1.165, 1.54) is 31.3 Å². The molecule has 2 aromatic rings. The predicted molar refractivity (Wildman–Crippen MR) is 83.2 cm³/mol. The number of nitro benzene ring substituents is 1. The third kappa shape index (κ3) is 3.44. The lowest BCUT2D eigenvalue weighted by molar-refractivity contribution is -0.387. The van der Waals surface area contributed by atoms with Crippen LogP contribution in [-0.4, -0.2) is 24.7 Å². The van der Waals surface area contributed by atoms with Crippen molar-refractivity contribution < 1.29 is 13.3 Å². The molecule has 6 nitrogen and oxygen atoms in total. The van der Waals surface area contributed by atoms with E-state index in [0.29, 0.717) is 5.02 Å². The maximum atomic E-state index is 12.5. The smallest absolute Gasteiger partial charge is 0.258 e. The molecule has 0 heterocycles. The van der Waals surface area contributed by atoms with Crippen LogP contribution < -0.4 is 0 Å². The van der Waals surface area contributed by atoms with Crippen LogP contribution >= 0.6 is 11.6 Å². The van der Waals surface area contributed by atoms with Crippen molar-refractivity contribution in [2.45, 2.75) is 11.4 Å². The minimum atomic E-state index is -3.96. The Morgan fingerprint density at radius 3 is 2.32 bits per heavy atom. The molecule has 0 fully saturated rings. The van der Waals surface area contributed by atoms with Crippen LogP contribution in [0.1, 0.15) is 5.56 Å². The Morgan fingerprint density at radius 2 is 1.73 bits per heavy atom. The molecule has 0 spiro atoms. The highest BCUT2D eigenvalue weighted by Gasteiger charge is 2.28. The fraction of sp³-hybridized carbons (Fsp3) is 0.143. The van der Waals surface area contributed by atoms with E-state index in [9.17, 15) is 18.5 Å². The molecule has 0 radical (unpaired) electrons. The van der Waals surface area contributed by atoms with Crippen molar-refractivity contribution in [2.75, 3.05) is 7.05 Å². The van der Waals surface area contributed by atoms with E-state index in [2.05, 4.69) is 0 Å². The lowest BCUT2D eigenvalue weighted by Crippen LogP contribution is -2.27. The lowest BCUT2D eigenvalue weighted by Gasteiger charge is -2.17. The molecule has 2 aromatic carbocycles. The van der Waals surface area contributed by atoms with Crippen LogP contribution in [0.2, 0.25) is 5.02 Å². The Balaban J connectivity index is 2.34. The number of nitrogens with zero attached hydrogens (tertiary/aromatic N) is 2. The molecule has 8 heteroatoms. The average Bonchev–Trinajstić information content (AvgIpc) is 2.49. The van der Waals surface area contributed by atoms with Gasteiger partial charge in [-0.1, -0.05) is 35.9 Å². The van der Waals surface area contributed by atoms with E-state index in [1.807, 2.05) is 0 Å².